The van der Waals surface area contributed by atoms with Gasteiger partial charge in [-0.2, -0.15) is 4.57 Å². The largest absolute Gasteiger partial charge is 0.478 e. The zero-order valence-electron chi connectivity index (χ0n) is 25.6. The van der Waals surface area contributed by atoms with E-state index in [1.54, 1.807) is 11.9 Å². The summed E-state index contributed by atoms with van der Waals surface area (Å²) < 4.78 is 3.98. The normalized spacial score (nSPS) is 18.3. The number of aliphatic carboxylic acids is 2. The fourth-order valence-electron chi connectivity index (χ4n) is 5.20. The number of amides is 2. The highest BCUT2D eigenvalue weighted by Crippen LogP contribution is 2.40. The maximum atomic E-state index is 13.4. The number of thioether (sulfide) groups is 1. The molecule has 3 aromatic rings. The van der Waals surface area contributed by atoms with Crippen LogP contribution in [-0.2, 0) is 37.1 Å². The van der Waals surface area contributed by atoms with E-state index in [-0.39, 0.29) is 39.1 Å². The number of carbonyl (C=O) groups is 4. The molecule has 254 valence electrons. The van der Waals surface area contributed by atoms with Gasteiger partial charge in [-0.3, -0.25) is 19.9 Å². The first-order valence-electron chi connectivity index (χ1n) is 14.4. The molecule has 0 bridgehead atoms. The van der Waals surface area contributed by atoms with Crippen molar-refractivity contribution in [1.29, 1.82) is 5.41 Å². The zero-order valence-corrected chi connectivity index (χ0v) is 28.0. The van der Waals surface area contributed by atoms with Crippen molar-refractivity contribution >= 4 is 86.3 Å². The van der Waals surface area contributed by atoms with E-state index < -0.39 is 47.0 Å². The molecule has 1 fully saturated rings. The van der Waals surface area contributed by atoms with Crippen LogP contribution in [0, 0.1) is 5.41 Å². The van der Waals surface area contributed by atoms with Crippen LogP contribution in [0.3, 0.4) is 0 Å². The number of nitrogens with two attached hydrogens (primary N) is 2. The van der Waals surface area contributed by atoms with E-state index in [2.05, 4.69) is 20.0 Å². The van der Waals surface area contributed by atoms with Gasteiger partial charge >= 0.3 is 11.9 Å². The lowest BCUT2D eigenvalue weighted by molar-refractivity contribution is -0.663. The number of anilines is 1. The van der Waals surface area contributed by atoms with E-state index in [1.807, 2.05) is 35.2 Å². The summed E-state index contributed by atoms with van der Waals surface area (Å²) >= 11 is 8.33. The first-order chi connectivity index (χ1) is 22.8. The predicted molar refractivity (Wildman–Crippen MR) is 177 cm³/mol. The topological polar surface area (TPSA) is 246 Å². The summed E-state index contributed by atoms with van der Waals surface area (Å²) in [6, 6.07) is 4.64. The fraction of sp³-hybridized carbons (Fsp3) is 0.357. The highest BCUT2D eigenvalue weighted by atomic mass is 35.5. The monoisotopic (exact) mass is 719 g/mol. The zero-order chi connectivity index (χ0) is 34.9. The second-order valence-corrected chi connectivity index (χ2v) is 13.6. The van der Waals surface area contributed by atoms with Gasteiger partial charge in [0, 0.05) is 49.8 Å². The molecule has 1 saturated heterocycles. The maximum absolute atomic E-state index is 13.4. The number of nitrogens with zero attached hydrogens (tertiary/aromatic N) is 6. The van der Waals surface area contributed by atoms with Gasteiger partial charge in [-0.05, 0) is 19.4 Å². The molecule has 2 amide bonds. The highest BCUT2D eigenvalue weighted by molar-refractivity contribution is 8.00. The van der Waals surface area contributed by atoms with Crippen LogP contribution in [0.15, 0.2) is 47.0 Å². The Kier molecular flexibility index (Phi) is 10.1. The molecule has 5 rings (SSSR count). The summed E-state index contributed by atoms with van der Waals surface area (Å²) in [6.07, 6.45) is 3.12. The van der Waals surface area contributed by atoms with E-state index >= 15 is 0 Å². The average molecular weight is 720 g/mol. The second-order valence-electron chi connectivity index (χ2n) is 10.9. The Morgan fingerprint density at radius 1 is 1.35 bits per heavy atom. The van der Waals surface area contributed by atoms with E-state index in [4.69, 9.17) is 38.4 Å². The van der Waals surface area contributed by atoms with Gasteiger partial charge in [0.2, 0.25) is 11.6 Å². The van der Waals surface area contributed by atoms with Crippen LogP contribution in [-0.4, -0.2) is 102 Å². The lowest BCUT2D eigenvalue weighted by Crippen LogP contribution is -2.71. The predicted octanol–water partition coefficient (Wildman–Crippen LogP) is 0.469. The van der Waals surface area contributed by atoms with Gasteiger partial charge in [-0.15, -0.1) is 11.8 Å². The third-order valence-corrected chi connectivity index (χ3v) is 10.1. The molecule has 48 heavy (non-hydrogen) atoms. The molecule has 0 radical (unpaired) electrons. The molecule has 3 aromatic heterocycles. The highest BCUT2D eigenvalue weighted by Gasteiger charge is 2.55. The van der Waals surface area contributed by atoms with Gasteiger partial charge in [0.05, 0.1) is 0 Å². The first kappa shape index (κ1) is 34.5. The van der Waals surface area contributed by atoms with Crippen molar-refractivity contribution in [3.05, 3.63) is 51.9 Å². The van der Waals surface area contributed by atoms with Crippen molar-refractivity contribution in [3.63, 3.8) is 0 Å². The fourth-order valence-corrected chi connectivity index (χ4v) is 7.46. The number of hydrogen-bond donors (Lipinski definition) is 6. The number of nitrogen functional groups attached to an aromatic ring is 1. The van der Waals surface area contributed by atoms with Gasteiger partial charge in [0.1, 0.15) is 32.7 Å². The summed E-state index contributed by atoms with van der Waals surface area (Å²) in [5.74, 6) is -3.95. The molecule has 0 spiro atoms. The van der Waals surface area contributed by atoms with Crippen molar-refractivity contribution in [3.8, 4) is 0 Å². The molecular weight excluding hydrogens is 688 g/mol. The summed E-state index contributed by atoms with van der Waals surface area (Å²) in [7, 11) is 1.75. The molecule has 0 saturated carbocycles. The lowest BCUT2D eigenvalue weighted by Gasteiger charge is -2.49. The van der Waals surface area contributed by atoms with Gasteiger partial charge in [-0.25, -0.2) is 14.6 Å². The number of β-lactam (4-membered cyclic amide) rings is 1. The standard InChI is InChI=1S/C28H31ClN10O7S2/c1-13(25(42)43)46-35-18(17-21(29)48-28(32)34-17)22(40)33-19-23(41)39-20(26(44)45)14(12-47-24(19)39)11-38-8-3-5-15-16(38)6-10-37(15)9-4-7-36(2)27(30)31/h3,5-6,8,10,13,19,24H,4,7,9,11-12H2,1-2H3,(H7-,30,31,32,33,34,40,42,43,44,45)/p+1/b35-18-/t13-,19+,24+/m0/s1. The van der Waals surface area contributed by atoms with Crippen molar-refractivity contribution in [2.24, 2.45) is 10.9 Å². The van der Waals surface area contributed by atoms with Crippen LogP contribution in [0.5, 0.6) is 0 Å². The Morgan fingerprint density at radius 2 is 2.10 bits per heavy atom. The molecule has 20 heteroatoms. The first-order valence-corrected chi connectivity index (χ1v) is 16.6. The number of oxime groups is 1. The number of carboxylic acid groups (broad SMARTS) is 2. The van der Waals surface area contributed by atoms with Crippen LogP contribution in [0.1, 0.15) is 19.0 Å². The van der Waals surface area contributed by atoms with Crippen molar-refractivity contribution in [2.45, 2.75) is 44.0 Å². The van der Waals surface area contributed by atoms with Crippen molar-refractivity contribution in [2.75, 3.05) is 25.1 Å². The minimum atomic E-state index is -1.42. The van der Waals surface area contributed by atoms with Gasteiger partial charge in [0.15, 0.2) is 29.5 Å². The molecule has 0 aliphatic carbocycles. The SMILES string of the molecule is C[C@H](O/N=C(\C(=O)N[C@@H]1C(=O)N2C(C(=O)O)=C(C[n+]3cccc4c3ccn4CCCN(C)C(=N)N)CS[C@H]12)c1nc(N)sc1Cl)C(=O)O. The van der Waals surface area contributed by atoms with Crippen LogP contribution in [0.2, 0.25) is 4.34 Å². The Hall–Kier alpha value is -4.88. The number of nitrogens with one attached hydrogen (secondary N) is 2. The minimum absolute atomic E-state index is 0.00306. The molecular formula is C28H32ClN10O7S2+. The van der Waals surface area contributed by atoms with Crippen LogP contribution < -0.4 is 21.4 Å². The minimum Gasteiger partial charge on any atom is -0.478 e. The lowest BCUT2D eigenvalue weighted by atomic mass is 10.0. The molecule has 5 heterocycles. The van der Waals surface area contributed by atoms with Crippen molar-refractivity contribution < 1.29 is 38.8 Å². The third kappa shape index (κ3) is 6.87. The number of guanidine groups is 1. The number of aromatic nitrogens is 3. The maximum Gasteiger partial charge on any atom is 0.352 e. The molecule has 8 N–H and O–H groups in total. The summed E-state index contributed by atoms with van der Waals surface area (Å²) in [5.41, 5.74) is 12.7. The molecule has 3 atom stereocenters. The number of carbonyl (C=O) groups excluding carboxylic acids is 2. The number of fused-ring (bicyclic) bond motifs is 2. The summed E-state index contributed by atoms with van der Waals surface area (Å²) in [6.45, 7) is 2.70. The number of hydrogen-bond acceptors (Lipinski definition) is 11. The van der Waals surface area contributed by atoms with Gasteiger partial charge < -0.3 is 41.3 Å². The van der Waals surface area contributed by atoms with Crippen LogP contribution in [0.25, 0.3) is 11.0 Å². The number of halogens is 1. The molecule has 0 unspecified atom stereocenters. The van der Waals surface area contributed by atoms with Gasteiger partial charge in [0.25, 0.3) is 11.8 Å². The summed E-state index contributed by atoms with van der Waals surface area (Å²) in [4.78, 5) is 62.2. The van der Waals surface area contributed by atoms with Crippen LogP contribution in [0.4, 0.5) is 5.13 Å². The molecule has 2 aliphatic rings. The quantitative estimate of drug-likeness (QED) is 0.0464. The number of pyridine rings is 1. The van der Waals surface area contributed by atoms with E-state index in [0.29, 0.717) is 18.7 Å². The number of thiazole rings is 1. The molecule has 2 aliphatic heterocycles. The Bertz CT molecular complexity index is 1880. The second kappa shape index (κ2) is 14.1. The van der Waals surface area contributed by atoms with Gasteiger partial charge in [-0.1, -0.05) is 28.1 Å². The van der Waals surface area contributed by atoms with E-state index in [1.165, 1.54) is 18.7 Å². The van der Waals surface area contributed by atoms with E-state index in [9.17, 15) is 24.3 Å². The average Bonchev–Trinajstić information content (AvgIpc) is 3.61. The third-order valence-electron chi connectivity index (χ3n) is 7.71. The number of aryl methyl sites for hydroxylation is 1. The van der Waals surface area contributed by atoms with Crippen molar-refractivity contribution in [1.82, 2.24) is 24.7 Å². The summed E-state index contributed by atoms with van der Waals surface area (Å²) in [5, 5.41) is 32.4. The Morgan fingerprint density at radius 3 is 2.75 bits per heavy atom. The number of carboxylic acids is 2. The number of rotatable bonds is 13. The van der Waals surface area contributed by atoms with Crippen LogP contribution >= 0.6 is 34.7 Å². The Labute approximate surface area is 286 Å². The molecule has 0 aromatic carbocycles. The Balaban J connectivity index is 1.34. The van der Waals surface area contributed by atoms with E-state index in [0.717, 1.165) is 33.7 Å². The molecule has 17 nitrogen and oxygen atoms in total. The smallest absolute Gasteiger partial charge is 0.352 e.